The van der Waals surface area contributed by atoms with Crippen molar-refractivity contribution in [3.63, 3.8) is 0 Å². The highest BCUT2D eigenvalue weighted by Crippen LogP contribution is 2.19. The van der Waals surface area contributed by atoms with Crippen molar-refractivity contribution >= 4 is 0 Å². The van der Waals surface area contributed by atoms with Gasteiger partial charge in [0, 0.05) is 0 Å². The molecule has 0 aliphatic carbocycles. The second-order valence-corrected chi connectivity index (χ2v) is 5.96. The largest absolute Gasteiger partial charge is 0.393 e. The molecule has 0 aliphatic rings. The van der Waals surface area contributed by atoms with Gasteiger partial charge in [-0.1, -0.05) is 72.1 Å². The Labute approximate surface area is 109 Å². The second-order valence-electron chi connectivity index (χ2n) is 5.96. The highest BCUT2D eigenvalue weighted by atomic mass is 16.3. The Hall–Kier alpha value is -0.0400. The Morgan fingerprint density at radius 1 is 0.765 bits per heavy atom. The van der Waals surface area contributed by atoms with Crippen molar-refractivity contribution in [2.24, 2.45) is 11.8 Å². The summed E-state index contributed by atoms with van der Waals surface area (Å²) < 4.78 is 0. The van der Waals surface area contributed by atoms with Gasteiger partial charge in [-0.2, -0.15) is 0 Å². The molecule has 0 aromatic carbocycles. The Bertz CT molecular complexity index is 154. The third kappa shape index (κ3) is 10.8. The van der Waals surface area contributed by atoms with Crippen molar-refractivity contribution < 1.29 is 5.11 Å². The highest BCUT2D eigenvalue weighted by Gasteiger charge is 2.09. The SMILES string of the molecule is CCCCCCC[C@H](C)CCC[C@H](C)[C@H](C)O. The van der Waals surface area contributed by atoms with E-state index < -0.39 is 0 Å². The minimum absolute atomic E-state index is 0.139. The van der Waals surface area contributed by atoms with Gasteiger partial charge < -0.3 is 5.11 Å². The summed E-state index contributed by atoms with van der Waals surface area (Å²) in [6.45, 7) is 8.71. The molecule has 0 aromatic heterocycles. The van der Waals surface area contributed by atoms with Crippen LogP contribution in [0.1, 0.15) is 85.5 Å². The number of aliphatic hydroxyl groups excluding tert-OH is 1. The molecule has 1 nitrogen and oxygen atoms in total. The van der Waals surface area contributed by atoms with Gasteiger partial charge in [0.25, 0.3) is 0 Å². The zero-order valence-electron chi connectivity index (χ0n) is 12.5. The Balaban J connectivity index is 3.31. The van der Waals surface area contributed by atoms with Gasteiger partial charge in [0.05, 0.1) is 6.10 Å². The smallest absolute Gasteiger partial charge is 0.0537 e. The zero-order chi connectivity index (χ0) is 13.1. The standard InChI is InChI=1S/C16H34O/c1-5-6-7-8-9-11-14(2)12-10-13-15(3)16(4)17/h14-17H,5-13H2,1-4H3/t14-,15-,16-/m0/s1. The third-order valence-corrected chi connectivity index (χ3v) is 3.98. The van der Waals surface area contributed by atoms with Gasteiger partial charge in [-0.3, -0.25) is 0 Å². The van der Waals surface area contributed by atoms with E-state index in [0.29, 0.717) is 5.92 Å². The van der Waals surface area contributed by atoms with Crippen molar-refractivity contribution in [3.8, 4) is 0 Å². The average Bonchev–Trinajstić information content (AvgIpc) is 2.28. The molecule has 1 N–H and O–H groups in total. The van der Waals surface area contributed by atoms with Crippen LogP contribution in [-0.4, -0.2) is 11.2 Å². The Kier molecular flexibility index (Phi) is 11.0. The lowest BCUT2D eigenvalue weighted by molar-refractivity contribution is 0.127. The van der Waals surface area contributed by atoms with Gasteiger partial charge in [0.15, 0.2) is 0 Å². The van der Waals surface area contributed by atoms with Crippen LogP contribution in [0.15, 0.2) is 0 Å². The average molecular weight is 242 g/mol. The molecule has 0 aliphatic heterocycles. The molecule has 0 spiro atoms. The van der Waals surface area contributed by atoms with Gasteiger partial charge in [-0.05, 0) is 25.2 Å². The summed E-state index contributed by atoms with van der Waals surface area (Å²) in [7, 11) is 0. The molecule has 0 bridgehead atoms. The highest BCUT2D eigenvalue weighted by molar-refractivity contribution is 4.61. The first-order valence-electron chi connectivity index (χ1n) is 7.76. The fourth-order valence-corrected chi connectivity index (χ4v) is 2.27. The van der Waals surface area contributed by atoms with Crippen LogP contribution in [0.25, 0.3) is 0 Å². The maximum atomic E-state index is 9.41. The van der Waals surface area contributed by atoms with E-state index in [1.807, 2.05) is 6.92 Å². The minimum Gasteiger partial charge on any atom is -0.393 e. The van der Waals surface area contributed by atoms with E-state index in [-0.39, 0.29) is 6.10 Å². The molecule has 0 radical (unpaired) electrons. The van der Waals surface area contributed by atoms with E-state index in [4.69, 9.17) is 0 Å². The zero-order valence-corrected chi connectivity index (χ0v) is 12.5. The summed E-state index contributed by atoms with van der Waals surface area (Å²) in [6.07, 6.45) is 12.0. The van der Waals surface area contributed by atoms with E-state index in [1.165, 1.54) is 57.8 Å². The van der Waals surface area contributed by atoms with Crippen LogP contribution in [0.3, 0.4) is 0 Å². The number of hydrogen-bond acceptors (Lipinski definition) is 1. The van der Waals surface area contributed by atoms with Gasteiger partial charge in [-0.25, -0.2) is 0 Å². The molecule has 1 heteroatoms. The molecule has 0 rings (SSSR count). The van der Waals surface area contributed by atoms with Crippen molar-refractivity contribution in [2.75, 3.05) is 0 Å². The van der Waals surface area contributed by atoms with Crippen LogP contribution in [-0.2, 0) is 0 Å². The quantitative estimate of drug-likeness (QED) is 0.496. The first kappa shape index (κ1) is 17.0. The van der Waals surface area contributed by atoms with Crippen LogP contribution >= 0.6 is 0 Å². The molecule has 0 saturated carbocycles. The number of hydrogen-bond donors (Lipinski definition) is 1. The molecule has 0 amide bonds. The molecule has 104 valence electrons. The molecule has 0 aromatic rings. The van der Waals surface area contributed by atoms with Gasteiger partial charge in [-0.15, -0.1) is 0 Å². The first-order valence-corrected chi connectivity index (χ1v) is 7.76. The van der Waals surface area contributed by atoms with Crippen molar-refractivity contribution in [3.05, 3.63) is 0 Å². The van der Waals surface area contributed by atoms with Crippen LogP contribution in [0.4, 0.5) is 0 Å². The van der Waals surface area contributed by atoms with Crippen LogP contribution in [0.2, 0.25) is 0 Å². The molecule has 0 unspecified atom stereocenters. The van der Waals surface area contributed by atoms with Crippen LogP contribution < -0.4 is 0 Å². The van der Waals surface area contributed by atoms with E-state index >= 15 is 0 Å². The number of aliphatic hydroxyl groups is 1. The monoisotopic (exact) mass is 242 g/mol. The summed E-state index contributed by atoms with van der Waals surface area (Å²) in [5, 5.41) is 9.41. The van der Waals surface area contributed by atoms with Gasteiger partial charge in [0.1, 0.15) is 0 Å². The topological polar surface area (TPSA) is 20.2 Å². The summed E-state index contributed by atoms with van der Waals surface area (Å²) in [5.74, 6) is 1.34. The fraction of sp³-hybridized carbons (Fsp3) is 1.00. The molecular formula is C16H34O. The predicted octanol–water partition coefficient (Wildman–Crippen LogP) is 5.17. The molecule has 3 atom stereocenters. The lowest BCUT2D eigenvalue weighted by Crippen LogP contribution is -2.13. The summed E-state index contributed by atoms with van der Waals surface area (Å²) in [4.78, 5) is 0. The number of unbranched alkanes of at least 4 members (excludes halogenated alkanes) is 4. The summed E-state index contributed by atoms with van der Waals surface area (Å²) in [5.41, 5.74) is 0. The van der Waals surface area contributed by atoms with E-state index in [0.717, 1.165) is 5.92 Å². The normalized spacial score (nSPS) is 16.8. The lowest BCUT2D eigenvalue weighted by Gasteiger charge is -2.16. The second kappa shape index (κ2) is 11.1. The third-order valence-electron chi connectivity index (χ3n) is 3.98. The number of rotatable bonds is 11. The maximum Gasteiger partial charge on any atom is 0.0537 e. The van der Waals surface area contributed by atoms with Gasteiger partial charge in [0.2, 0.25) is 0 Å². The predicted molar refractivity (Wildman–Crippen MR) is 77.2 cm³/mol. The maximum absolute atomic E-state index is 9.41. The van der Waals surface area contributed by atoms with Gasteiger partial charge >= 0.3 is 0 Å². The van der Waals surface area contributed by atoms with E-state index in [2.05, 4.69) is 20.8 Å². The van der Waals surface area contributed by atoms with Crippen molar-refractivity contribution in [1.29, 1.82) is 0 Å². The fourth-order valence-electron chi connectivity index (χ4n) is 2.27. The van der Waals surface area contributed by atoms with E-state index in [9.17, 15) is 5.11 Å². The summed E-state index contributed by atoms with van der Waals surface area (Å²) >= 11 is 0. The van der Waals surface area contributed by atoms with Crippen molar-refractivity contribution in [1.82, 2.24) is 0 Å². The Morgan fingerprint density at radius 3 is 1.94 bits per heavy atom. The van der Waals surface area contributed by atoms with Crippen LogP contribution in [0, 0.1) is 11.8 Å². The van der Waals surface area contributed by atoms with E-state index in [1.54, 1.807) is 0 Å². The molecule has 0 saturated heterocycles. The minimum atomic E-state index is -0.139. The Morgan fingerprint density at radius 2 is 1.35 bits per heavy atom. The molecule has 17 heavy (non-hydrogen) atoms. The molecular weight excluding hydrogens is 208 g/mol. The first-order chi connectivity index (χ1) is 8.07. The summed E-state index contributed by atoms with van der Waals surface area (Å²) in [6, 6.07) is 0. The van der Waals surface area contributed by atoms with Crippen LogP contribution in [0.5, 0.6) is 0 Å². The molecule has 0 fully saturated rings. The molecule has 0 heterocycles. The van der Waals surface area contributed by atoms with Crippen molar-refractivity contribution in [2.45, 2.75) is 91.6 Å². The lowest BCUT2D eigenvalue weighted by atomic mass is 9.93.